The second-order valence-corrected chi connectivity index (χ2v) is 6.37. The molecule has 0 radical (unpaired) electrons. The smallest absolute Gasteiger partial charge is 0.0223 e. The van der Waals surface area contributed by atoms with E-state index in [0.717, 1.165) is 5.88 Å². The van der Waals surface area contributed by atoms with Gasteiger partial charge in [0.25, 0.3) is 0 Å². The molecule has 0 fully saturated rings. The minimum Gasteiger partial charge on any atom is -0.333 e. The Morgan fingerprint density at radius 2 is 0.714 bits per heavy atom. The first-order valence-electron chi connectivity index (χ1n) is 9.55. The van der Waals surface area contributed by atoms with Crippen molar-refractivity contribution in [3.8, 4) is 0 Å². The highest BCUT2D eigenvalue weighted by molar-refractivity contribution is 6.17. The molecule has 0 aliphatic carbocycles. The minimum atomic E-state index is 0.846. The summed E-state index contributed by atoms with van der Waals surface area (Å²) in [5.41, 5.74) is 4.50. The fourth-order valence-corrected chi connectivity index (χ4v) is 2.83. The summed E-state index contributed by atoms with van der Waals surface area (Å²) < 4.78 is 0. The maximum Gasteiger partial charge on any atom is 0.0223 e. The number of hydrogen-bond acceptors (Lipinski definition) is 1. The molecule has 0 heterocycles. The quantitative estimate of drug-likeness (QED) is 0.239. The molecule has 0 aliphatic heterocycles. The van der Waals surface area contributed by atoms with Crippen molar-refractivity contribution in [2.75, 3.05) is 12.9 Å². The van der Waals surface area contributed by atoms with Gasteiger partial charge in [-0.05, 0) is 13.5 Å². The van der Waals surface area contributed by atoms with Crippen molar-refractivity contribution in [1.29, 1.82) is 0 Å². The van der Waals surface area contributed by atoms with E-state index in [1.54, 1.807) is 0 Å². The Balaban J connectivity index is 0. The van der Waals surface area contributed by atoms with Gasteiger partial charge in [-0.25, -0.2) is 0 Å². The van der Waals surface area contributed by atoms with Crippen molar-refractivity contribution < 1.29 is 0 Å². The first kappa shape index (κ1) is 23.5. The van der Waals surface area contributed by atoms with Crippen LogP contribution in [0.25, 0.3) is 0 Å². The first-order valence-corrected chi connectivity index (χ1v) is 10.1. The Morgan fingerprint density at radius 1 is 0.476 bits per heavy atom. The molecule has 0 aromatic rings. The summed E-state index contributed by atoms with van der Waals surface area (Å²) >= 11 is 5.66. The van der Waals surface area contributed by atoms with Crippen molar-refractivity contribution in [1.82, 2.24) is 0 Å². The van der Waals surface area contributed by atoms with Crippen molar-refractivity contribution in [3.63, 3.8) is 0 Å². The topological polar surface area (TPSA) is 26.0 Å². The van der Waals surface area contributed by atoms with Crippen molar-refractivity contribution in [3.05, 3.63) is 0 Å². The average molecular weight is 320 g/mol. The summed E-state index contributed by atoms with van der Waals surface area (Å²) in [6.07, 6.45) is 22.8. The lowest BCUT2D eigenvalue weighted by Gasteiger charge is -2.03. The Labute approximate surface area is 140 Å². The molecule has 0 aliphatic rings. The van der Waals surface area contributed by atoms with E-state index in [4.69, 9.17) is 11.6 Å². The van der Waals surface area contributed by atoms with Crippen LogP contribution in [0.4, 0.5) is 0 Å². The molecule has 2 N–H and O–H groups in total. The van der Waals surface area contributed by atoms with Crippen LogP contribution in [-0.2, 0) is 0 Å². The van der Waals surface area contributed by atoms with Crippen LogP contribution in [0, 0.1) is 0 Å². The van der Waals surface area contributed by atoms with Gasteiger partial charge >= 0.3 is 0 Å². The molecule has 0 spiro atoms. The molecule has 0 saturated carbocycles. The van der Waals surface area contributed by atoms with Gasteiger partial charge in [0.1, 0.15) is 0 Å². The molecule has 0 rings (SSSR count). The first-order chi connectivity index (χ1) is 10.4. The van der Waals surface area contributed by atoms with Crippen LogP contribution in [0.3, 0.4) is 0 Å². The van der Waals surface area contributed by atoms with Crippen molar-refractivity contribution in [2.45, 2.75) is 110 Å². The molecule has 0 saturated heterocycles. The van der Waals surface area contributed by atoms with Gasteiger partial charge < -0.3 is 5.73 Å². The third kappa shape index (κ3) is 25.5. The SMILES string of the molecule is CCCCCCCCCCCCCCCCCCCl.CN. The van der Waals surface area contributed by atoms with E-state index in [1.165, 1.54) is 110 Å². The fourth-order valence-electron chi connectivity index (χ4n) is 2.64. The Morgan fingerprint density at radius 3 is 0.952 bits per heavy atom. The predicted molar refractivity (Wildman–Crippen MR) is 100 cm³/mol. The van der Waals surface area contributed by atoms with Crippen LogP contribution in [-0.4, -0.2) is 12.9 Å². The van der Waals surface area contributed by atoms with Crippen LogP contribution in [0.2, 0.25) is 0 Å². The Hall–Kier alpha value is 0.250. The van der Waals surface area contributed by atoms with E-state index in [2.05, 4.69) is 12.7 Å². The third-order valence-corrected chi connectivity index (χ3v) is 4.25. The number of alkyl halides is 1. The maximum absolute atomic E-state index is 5.66. The second-order valence-electron chi connectivity index (χ2n) is 5.99. The van der Waals surface area contributed by atoms with Crippen molar-refractivity contribution >= 4 is 11.6 Å². The lowest BCUT2D eigenvalue weighted by molar-refractivity contribution is 0.531. The van der Waals surface area contributed by atoms with Gasteiger partial charge in [0.2, 0.25) is 0 Å². The van der Waals surface area contributed by atoms with Crippen molar-refractivity contribution in [2.24, 2.45) is 5.73 Å². The molecule has 0 atom stereocenters. The summed E-state index contributed by atoms with van der Waals surface area (Å²) in [4.78, 5) is 0. The van der Waals surface area contributed by atoms with E-state index >= 15 is 0 Å². The monoisotopic (exact) mass is 319 g/mol. The zero-order valence-corrected chi connectivity index (χ0v) is 15.7. The second kappa shape index (κ2) is 25.2. The van der Waals surface area contributed by atoms with Gasteiger partial charge in [0.05, 0.1) is 0 Å². The summed E-state index contributed by atoms with van der Waals surface area (Å²) in [6.45, 7) is 2.29. The average Bonchev–Trinajstić information content (AvgIpc) is 2.53. The normalized spacial score (nSPS) is 10.3. The number of halogens is 1. The van der Waals surface area contributed by atoms with E-state index in [9.17, 15) is 0 Å². The van der Waals surface area contributed by atoms with Crippen LogP contribution in [0.15, 0.2) is 0 Å². The summed E-state index contributed by atoms with van der Waals surface area (Å²) in [5, 5.41) is 0. The number of rotatable bonds is 16. The molecule has 0 unspecified atom stereocenters. The van der Waals surface area contributed by atoms with Gasteiger partial charge in [-0.1, -0.05) is 103 Å². The fraction of sp³-hybridized carbons (Fsp3) is 1.00. The Kier molecular flexibility index (Phi) is 28.2. The molecule has 1 nitrogen and oxygen atoms in total. The summed E-state index contributed by atoms with van der Waals surface area (Å²) in [5.74, 6) is 0.846. The van der Waals surface area contributed by atoms with E-state index < -0.39 is 0 Å². The molecule has 0 bridgehead atoms. The van der Waals surface area contributed by atoms with Gasteiger partial charge in [-0.2, -0.15) is 0 Å². The molecular weight excluding hydrogens is 278 g/mol. The molecule has 2 heteroatoms. The van der Waals surface area contributed by atoms with Crippen LogP contribution < -0.4 is 5.73 Å². The van der Waals surface area contributed by atoms with E-state index in [-0.39, 0.29) is 0 Å². The molecule has 0 amide bonds. The number of hydrogen-bond donors (Lipinski definition) is 1. The zero-order chi connectivity index (χ0) is 16.0. The molecule has 0 aromatic heterocycles. The number of unbranched alkanes of at least 4 members (excludes halogenated alkanes) is 15. The summed E-state index contributed by atoms with van der Waals surface area (Å²) in [6, 6.07) is 0. The Bertz CT molecular complexity index is 135. The van der Waals surface area contributed by atoms with Gasteiger partial charge in [-0.15, -0.1) is 11.6 Å². The molecular formula is C19H42ClN. The van der Waals surface area contributed by atoms with Crippen LogP contribution >= 0.6 is 11.6 Å². The minimum absolute atomic E-state index is 0.846. The lowest BCUT2D eigenvalue weighted by Crippen LogP contribution is -1.83. The van der Waals surface area contributed by atoms with Crippen LogP contribution in [0.5, 0.6) is 0 Å². The van der Waals surface area contributed by atoms with E-state index in [0.29, 0.717) is 0 Å². The molecule has 130 valence electrons. The highest BCUT2D eigenvalue weighted by Crippen LogP contribution is 2.13. The molecule has 21 heavy (non-hydrogen) atoms. The predicted octanol–water partition coefficient (Wildman–Crippen LogP) is 7.06. The van der Waals surface area contributed by atoms with Gasteiger partial charge in [-0.3, -0.25) is 0 Å². The highest BCUT2D eigenvalue weighted by atomic mass is 35.5. The zero-order valence-electron chi connectivity index (χ0n) is 15.0. The molecule has 0 aromatic carbocycles. The third-order valence-electron chi connectivity index (χ3n) is 3.99. The van der Waals surface area contributed by atoms with Crippen LogP contribution in [0.1, 0.15) is 110 Å². The number of nitrogens with two attached hydrogens (primary N) is 1. The highest BCUT2D eigenvalue weighted by Gasteiger charge is 1.94. The summed E-state index contributed by atoms with van der Waals surface area (Å²) in [7, 11) is 1.50. The van der Waals surface area contributed by atoms with Gasteiger partial charge in [0.15, 0.2) is 0 Å². The standard InChI is InChI=1S/C18H37Cl.CH5N/c1-2-3-4-5-6-7-8-9-10-11-12-13-14-15-16-17-18-19;1-2/h2-18H2,1H3;2H2,1H3. The lowest BCUT2D eigenvalue weighted by atomic mass is 10.0. The largest absolute Gasteiger partial charge is 0.333 e. The van der Waals surface area contributed by atoms with E-state index in [1.807, 2.05) is 0 Å². The maximum atomic E-state index is 5.66. The van der Waals surface area contributed by atoms with Gasteiger partial charge in [0, 0.05) is 5.88 Å².